The monoisotopic (exact) mass is 688 g/mol. The summed E-state index contributed by atoms with van der Waals surface area (Å²) >= 11 is 0. The third-order valence-electron chi connectivity index (χ3n) is 11.1. The van der Waals surface area contributed by atoms with Gasteiger partial charge in [-0.1, -0.05) is 183 Å². The molecule has 0 N–H and O–H groups in total. The van der Waals surface area contributed by atoms with Crippen molar-refractivity contribution in [1.82, 2.24) is 0 Å². The standard InChI is InChI=1S/C52H33P/c1-3-15-34(16-4-1)45-31-36-18-7-8-19-37(36)32-47(45)51-43-25-12-11-24-42(43)50(52-40-22-10-9-17-35(40)27-29-44(51)52)38-28-30-49-46(33-38)41-23-13-14-26-48(41)53(49)39-20-5-2-6-21-39/h1-33H. The van der Waals surface area contributed by atoms with E-state index in [1.807, 2.05) is 0 Å². The van der Waals surface area contributed by atoms with E-state index >= 15 is 0 Å². The SMILES string of the molecule is c1ccc(-c2cc3ccccc3cc2-c2c3ccccc3c(-c3ccc4c(c3)c3ccccc3p4-c3ccccc3)c3c2ccc2ccccc23)cc1. The molecule has 246 valence electrons. The van der Waals surface area contributed by atoms with Crippen molar-refractivity contribution in [2.24, 2.45) is 0 Å². The Morgan fingerprint density at radius 2 is 0.849 bits per heavy atom. The summed E-state index contributed by atoms with van der Waals surface area (Å²) in [6.07, 6.45) is 0. The van der Waals surface area contributed by atoms with Gasteiger partial charge in [0, 0.05) is 10.2 Å². The van der Waals surface area contributed by atoms with Gasteiger partial charge in [-0.05, 0) is 117 Å². The summed E-state index contributed by atoms with van der Waals surface area (Å²) in [6.45, 7) is 0. The molecule has 1 unspecified atom stereocenters. The van der Waals surface area contributed by atoms with Crippen LogP contribution in [0.15, 0.2) is 200 Å². The van der Waals surface area contributed by atoms with Gasteiger partial charge in [-0.2, -0.15) is 0 Å². The third-order valence-corrected chi connectivity index (χ3v) is 13.7. The van der Waals surface area contributed by atoms with E-state index in [0.29, 0.717) is 0 Å². The maximum atomic E-state index is 2.49. The number of rotatable bonds is 4. The second-order valence-electron chi connectivity index (χ2n) is 14.0. The lowest BCUT2D eigenvalue weighted by Crippen LogP contribution is -1.94. The van der Waals surface area contributed by atoms with Crippen LogP contribution in [0.1, 0.15) is 0 Å². The minimum absolute atomic E-state index is 0.627. The van der Waals surface area contributed by atoms with Crippen LogP contribution in [-0.2, 0) is 0 Å². The van der Waals surface area contributed by atoms with Gasteiger partial charge in [0.2, 0.25) is 0 Å². The van der Waals surface area contributed by atoms with Gasteiger partial charge in [0.25, 0.3) is 0 Å². The summed E-state index contributed by atoms with van der Waals surface area (Å²) < 4.78 is 0. The maximum Gasteiger partial charge on any atom is 0.00687 e. The van der Waals surface area contributed by atoms with Gasteiger partial charge < -0.3 is 0 Å². The fourth-order valence-corrected chi connectivity index (χ4v) is 11.4. The number of hydrogen-bond acceptors (Lipinski definition) is 0. The molecule has 0 saturated heterocycles. The Bertz CT molecular complexity index is 3210. The van der Waals surface area contributed by atoms with Crippen molar-refractivity contribution >= 4 is 71.6 Å². The zero-order chi connectivity index (χ0) is 34.9. The smallest absolute Gasteiger partial charge is 0.00687 e. The Morgan fingerprint density at radius 1 is 0.283 bits per heavy atom. The van der Waals surface area contributed by atoms with Gasteiger partial charge >= 0.3 is 0 Å². The Labute approximate surface area is 309 Å². The molecule has 0 nitrogen and oxygen atoms in total. The highest BCUT2D eigenvalue weighted by molar-refractivity contribution is 7.67. The Balaban J connectivity index is 1.29. The largest absolute Gasteiger partial charge is 0.0772 e. The summed E-state index contributed by atoms with van der Waals surface area (Å²) in [4.78, 5) is 0. The molecule has 0 amide bonds. The van der Waals surface area contributed by atoms with Crippen LogP contribution in [0.3, 0.4) is 0 Å². The molecular weight excluding hydrogens is 656 g/mol. The zero-order valence-corrected chi connectivity index (χ0v) is 29.9. The second-order valence-corrected chi connectivity index (χ2v) is 16.2. The minimum atomic E-state index is -0.627. The van der Waals surface area contributed by atoms with Gasteiger partial charge in [0.15, 0.2) is 0 Å². The lowest BCUT2D eigenvalue weighted by molar-refractivity contribution is 1.63. The molecule has 11 rings (SSSR count). The summed E-state index contributed by atoms with van der Waals surface area (Å²) in [5.74, 6) is 0. The fraction of sp³-hybridized carbons (Fsp3) is 0. The fourth-order valence-electron chi connectivity index (χ4n) is 8.83. The van der Waals surface area contributed by atoms with E-state index in [-0.39, 0.29) is 0 Å². The van der Waals surface area contributed by atoms with Crippen molar-refractivity contribution in [3.05, 3.63) is 200 Å². The van der Waals surface area contributed by atoms with Crippen LogP contribution in [0.25, 0.3) is 103 Å². The molecule has 11 aromatic rings. The predicted molar refractivity (Wildman–Crippen MR) is 232 cm³/mol. The molecule has 0 saturated carbocycles. The summed E-state index contributed by atoms with van der Waals surface area (Å²) in [6, 6.07) is 74.6. The van der Waals surface area contributed by atoms with E-state index in [1.165, 1.54) is 103 Å². The first-order valence-electron chi connectivity index (χ1n) is 18.4. The van der Waals surface area contributed by atoms with Gasteiger partial charge in [0.1, 0.15) is 0 Å². The highest BCUT2D eigenvalue weighted by Crippen LogP contribution is 2.56. The van der Waals surface area contributed by atoms with Crippen LogP contribution in [0.4, 0.5) is 0 Å². The zero-order valence-electron chi connectivity index (χ0n) is 29.0. The van der Waals surface area contributed by atoms with Crippen LogP contribution >= 0.6 is 7.53 Å². The first kappa shape index (κ1) is 30.2. The molecule has 0 aliphatic carbocycles. The first-order chi connectivity index (χ1) is 26.3. The molecule has 0 fully saturated rings. The first-order valence-corrected chi connectivity index (χ1v) is 19.7. The van der Waals surface area contributed by atoms with Crippen molar-refractivity contribution in [1.29, 1.82) is 0 Å². The van der Waals surface area contributed by atoms with Crippen molar-refractivity contribution in [2.45, 2.75) is 0 Å². The molecule has 1 atom stereocenters. The van der Waals surface area contributed by atoms with E-state index in [0.717, 1.165) is 0 Å². The molecule has 0 aliphatic rings. The van der Waals surface area contributed by atoms with E-state index < -0.39 is 7.53 Å². The van der Waals surface area contributed by atoms with Gasteiger partial charge in [-0.3, -0.25) is 0 Å². The van der Waals surface area contributed by atoms with Crippen LogP contribution < -0.4 is 0 Å². The summed E-state index contributed by atoms with van der Waals surface area (Å²) in [5.41, 5.74) is 7.58. The number of benzene rings is 10. The molecule has 0 bridgehead atoms. The van der Waals surface area contributed by atoms with Crippen LogP contribution in [0.2, 0.25) is 0 Å². The lowest BCUT2D eigenvalue weighted by Gasteiger charge is -2.21. The molecule has 0 aliphatic heterocycles. The molecule has 0 spiro atoms. The van der Waals surface area contributed by atoms with Crippen molar-refractivity contribution < 1.29 is 0 Å². The van der Waals surface area contributed by atoms with Crippen molar-refractivity contribution in [3.63, 3.8) is 0 Å². The third kappa shape index (κ3) is 4.70. The number of hydrogen-bond donors (Lipinski definition) is 0. The molecule has 0 radical (unpaired) electrons. The van der Waals surface area contributed by atoms with Gasteiger partial charge in [-0.25, -0.2) is 0 Å². The van der Waals surface area contributed by atoms with Crippen molar-refractivity contribution in [2.75, 3.05) is 0 Å². The van der Waals surface area contributed by atoms with Crippen LogP contribution in [-0.4, -0.2) is 0 Å². The van der Waals surface area contributed by atoms with Crippen LogP contribution in [0, 0.1) is 0 Å². The Hall–Kier alpha value is -6.46. The normalized spacial score (nSPS) is 12.1. The Kier molecular flexibility index (Phi) is 6.87. The van der Waals surface area contributed by atoms with Crippen molar-refractivity contribution in [3.8, 4) is 38.7 Å². The topological polar surface area (TPSA) is 0 Å². The molecule has 1 aromatic heterocycles. The quantitative estimate of drug-likeness (QED) is 0.128. The maximum absolute atomic E-state index is 2.49. The van der Waals surface area contributed by atoms with Crippen LogP contribution in [0.5, 0.6) is 0 Å². The highest BCUT2D eigenvalue weighted by Gasteiger charge is 2.22. The van der Waals surface area contributed by atoms with Gasteiger partial charge in [-0.15, -0.1) is 0 Å². The highest BCUT2D eigenvalue weighted by atomic mass is 31.1. The summed E-state index contributed by atoms with van der Waals surface area (Å²) in [5, 5.41) is 17.2. The molecule has 53 heavy (non-hydrogen) atoms. The summed E-state index contributed by atoms with van der Waals surface area (Å²) in [7, 11) is -0.627. The lowest BCUT2D eigenvalue weighted by atomic mass is 9.81. The Morgan fingerprint density at radius 3 is 1.60 bits per heavy atom. The molecule has 1 heterocycles. The average molecular weight is 689 g/mol. The molecule has 1 heteroatoms. The number of fused-ring (bicyclic) bond motifs is 8. The van der Waals surface area contributed by atoms with E-state index in [9.17, 15) is 0 Å². The second kappa shape index (κ2) is 12.1. The minimum Gasteiger partial charge on any atom is -0.0772 e. The molecular formula is C52H33P. The van der Waals surface area contributed by atoms with Gasteiger partial charge in [0.05, 0.1) is 0 Å². The average Bonchev–Trinajstić information content (AvgIpc) is 3.56. The predicted octanol–water partition coefficient (Wildman–Crippen LogP) is 15.6. The van der Waals surface area contributed by atoms with E-state index in [1.54, 1.807) is 0 Å². The van der Waals surface area contributed by atoms with E-state index in [2.05, 4.69) is 200 Å². The molecule has 10 aromatic carbocycles. The van der Waals surface area contributed by atoms with E-state index in [4.69, 9.17) is 0 Å².